The average Bonchev–Trinajstić information content (AvgIpc) is 2.59. The predicted octanol–water partition coefficient (Wildman–Crippen LogP) is 3.40. The maximum Gasteiger partial charge on any atom is 0.166 e. The first-order valence-electron chi connectivity index (χ1n) is 7.20. The summed E-state index contributed by atoms with van der Waals surface area (Å²) >= 11 is 5.33. The number of rotatable bonds is 4. The molecule has 2 N–H and O–H groups in total. The van der Waals surface area contributed by atoms with Crippen molar-refractivity contribution in [3.63, 3.8) is 0 Å². The molecule has 0 saturated carbocycles. The third-order valence-electron chi connectivity index (χ3n) is 3.50. The lowest BCUT2D eigenvalue weighted by molar-refractivity contribution is 0.833. The molecule has 3 rings (SSSR count). The summed E-state index contributed by atoms with van der Waals surface area (Å²) < 4.78 is 0. The van der Waals surface area contributed by atoms with Crippen LogP contribution in [0.2, 0.25) is 0 Å². The molecule has 1 aromatic heterocycles. The zero-order valence-electron chi connectivity index (χ0n) is 12.1. The fourth-order valence-corrected chi connectivity index (χ4v) is 2.51. The molecule has 22 heavy (non-hydrogen) atoms. The van der Waals surface area contributed by atoms with E-state index in [0.29, 0.717) is 18.2 Å². The lowest BCUT2D eigenvalue weighted by Gasteiger charge is -2.12. The molecule has 0 bridgehead atoms. The normalized spacial score (nSPS) is 10.4. The Bertz CT molecular complexity index is 766. The van der Waals surface area contributed by atoms with Crippen LogP contribution in [-0.4, -0.2) is 10.1 Å². The van der Waals surface area contributed by atoms with Crippen molar-refractivity contribution in [2.75, 3.05) is 0 Å². The minimum atomic E-state index is 0.650. The second-order valence-corrected chi connectivity index (χ2v) is 5.44. The molecule has 0 saturated heterocycles. The van der Waals surface area contributed by atoms with Gasteiger partial charge in [0.05, 0.1) is 0 Å². The molecule has 0 spiro atoms. The maximum atomic E-state index is 5.33. The highest BCUT2D eigenvalue weighted by molar-refractivity contribution is 7.80. The first-order chi connectivity index (χ1) is 10.8. The van der Waals surface area contributed by atoms with Gasteiger partial charge in [0.25, 0.3) is 0 Å². The van der Waals surface area contributed by atoms with Crippen LogP contribution in [0.3, 0.4) is 0 Å². The summed E-state index contributed by atoms with van der Waals surface area (Å²) in [6.45, 7) is 1.38. The standard InChI is InChI=1S/C18H17N3S/c22-18(20-12-14-5-4-10-19-11-14)21-13-16-8-3-7-15-6-1-2-9-17(15)16/h1-11H,12-13H2,(H2,20,21,22). The molecule has 4 heteroatoms. The fourth-order valence-electron chi connectivity index (χ4n) is 2.37. The Morgan fingerprint density at radius 1 is 0.909 bits per heavy atom. The van der Waals surface area contributed by atoms with Crippen LogP contribution in [0.5, 0.6) is 0 Å². The highest BCUT2D eigenvalue weighted by atomic mass is 32.1. The fraction of sp³-hybridized carbons (Fsp3) is 0.111. The van der Waals surface area contributed by atoms with Crippen molar-refractivity contribution in [1.29, 1.82) is 0 Å². The minimum absolute atomic E-state index is 0.650. The first-order valence-corrected chi connectivity index (χ1v) is 7.61. The van der Waals surface area contributed by atoms with Crippen molar-refractivity contribution in [3.05, 3.63) is 78.1 Å². The number of hydrogen-bond donors (Lipinski definition) is 2. The molecule has 1 heterocycles. The van der Waals surface area contributed by atoms with Crippen molar-refractivity contribution >= 4 is 28.1 Å². The lowest BCUT2D eigenvalue weighted by atomic mass is 10.0. The Morgan fingerprint density at radius 2 is 1.73 bits per heavy atom. The van der Waals surface area contributed by atoms with Crippen LogP contribution < -0.4 is 10.6 Å². The van der Waals surface area contributed by atoms with E-state index in [1.165, 1.54) is 16.3 Å². The van der Waals surface area contributed by atoms with Crippen molar-refractivity contribution in [3.8, 4) is 0 Å². The molecule has 0 aliphatic rings. The number of nitrogens with zero attached hydrogens (tertiary/aromatic N) is 1. The van der Waals surface area contributed by atoms with E-state index in [1.54, 1.807) is 6.20 Å². The molecule has 3 nitrogen and oxygen atoms in total. The summed E-state index contributed by atoms with van der Waals surface area (Å²) in [5.74, 6) is 0. The van der Waals surface area contributed by atoms with Crippen LogP contribution in [0.25, 0.3) is 10.8 Å². The van der Waals surface area contributed by atoms with Gasteiger partial charge in [-0.1, -0.05) is 48.5 Å². The van der Waals surface area contributed by atoms with Crippen molar-refractivity contribution < 1.29 is 0 Å². The third-order valence-corrected chi connectivity index (χ3v) is 3.78. The molecule has 2 aromatic carbocycles. The van der Waals surface area contributed by atoms with Gasteiger partial charge in [0.2, 0.25) is 0 Å². The van der Waals surface area contributed by atoms with Gasteiger partial charge in [-0.3, -0.25) is 4.98 Å². The lowest BCUT2D eigenvalue weighted by Crippen LogP contribution is -2.34. The first kappa shape index (κ1) is 14.5. The largest absolute Gasteiger partial charge is 0.359 e. The molecular weight excluding hydrogens is 290 g/mol. The van der Waals surface area contributed by atoms with E-state index in [-0.39, 0.29) is 0 Å². The Balaban J connectivity index is 1.58. The van der Waals surface area contributed by atoms with Crippen molar-refractivity contribution in [1.82, 2.24) is 15.6 Å². The van der Waals surface area contributed by atoms with Gasteiger partial charge in [-0.15, -0.1) is 0 Å². The summed E-state index contributed by atoms with van der Waals surface area (Å²) in [5.41, 5.74) is 2.35. The van der Waals surface area contributed by atoms with Crippen molar-refractivity contribution in [2.45, 2.75) is 13.1 Å². The molecule has 110 valence electrons. The smallest absolute Gasteiger partial charge is 0.166 e. The van der Waals surface area contributed by atoms with Crippen LogP contribution in [0.1, 0.15) is 11.1 Å². The highest BCUT2D eigenvalue weighted by Gasteiger charge is 2.01. The Kier molecular flexibility index (Phi) is 4.61. The summed E-state index contributed by atoms with van der Waals surface area (Å²) in [7, 11) is 0. The number of hydrogen-bond acceptors (Lipinski definition) is 2. The Labute approximate surface area is 135 Å². The van der Waals surface area contributed by atoms with Crippen LogP contribution in [-0.2, 0) is 13.1 Å². The molecule has 0 unspecified atom stereocenters. The molecule has 0 aliphatic heterocycles. The summed E-state index contributed by atoms with van der Waals surface area (Å²) in [6.07, 6.45) is 3.60. The van der Waals surface area contributed by atoms with E-state index in [1.807, 2.05) is 18.3 Å². The number of fused-ring (bicyclic) bond motifs is 1. The zero-order valence-corrected chi connectivity index (χ0v) is 12.9. The monoisotopic (exact) mass is 307 g/mol. The van der Waals surface area contributed by atoms with Gasteiger partial charge in [-0.25, -0.2) is 0 Å². The quantitative estimate of drug-likeness (QED) is 0.724. The SMILES string of the molecule is S=C(NCc1cccnc1)NCc1cccc2ccccc12. The van der Waals surface area contributed by atoms with Gasteiger partial charge in [0.1, 0.15) is 0 Å². The van der Waals surface area contributed by atoms with Gasteiger partial charge < -0.3 is 10.6 Å². The van der Waals surface area contributed by atoms with Gasteiger partial charge >= 0.3 is 0 Å². The van der Waals surface area contributed by atoms with Crippen LogP contribution in [0, 0.1) is 0 Å². The summed E-state index contributed by atoms with van der Waals surface area (Å²) in [4.78, 5) is 4.09. The van der Waals surface area contributed by atoms with E-state index in [9.17, 15) is 0 Å². The topological polar surface area (TPSA) is 37.0 Å². The highest BCUT2D eigenvalue weighted by Crippen LogP contribution is 2.18. The van der Waals surface area contributed by atoms with Gasteiger partial charge in [-0.2, -0.15) is 0 Å². The van der Waals surface area contributed by atoms with Crippen LogP contribution in [0.15, 0.2) is 67.0 Å². The number of pyridine rings is 1. The molecule has 0 atom stereocenters. The van der Waals surface area contributed by atoms with Crippen molar-refractivity contribution in [2.24, 2.45) is 0 Å². The minimum Gasteiger partial charge on any atom is -0.359 e. The number of nitrogens with one attached hydrogen (secondary N) is 2. The van der Waals surface area contributed by atoms with E-state index in [0.717, 1.165) is 5.56 Å². The molecular formula is C18H17N3S. The van der Waals surface area contributed by atoms with Gasteiger partial charge in [0.15, 0.2) is 5.11 Å². The molecule has 0 aliphatic carbocycles. The van der Waals surface area contributed by atoms with E-state index in [2.05, 4.69) is 58.1 Å². The Morgan fingerprint density at radius 3 is 2.59 bits per heavy atom. The number of benzene rings is 2. The van der Waals surface area contributed by atoms with E-state index >= 15 is 0 Å². The molecule has 3 aromatic rings. The Hall–Kier alpha value is -2.46. The third kappa shape index (κ3) is 3.59. The number of aromatic nitrogens is 1. The average molecular weight is 307 g/mol. The van der Waals surface area contributed by atoms with E-state index in [4.69, 9.17) is 12.2 Å². The number of thiocarbonyl (C=S) groups is 1. The maximum absolute atomic E-state index is 5.33. The van der Waals surface area contributed by atoms with Gasteiger partial charge in [-0.05, 0) is 40.2 Å². The molecule has 0 fully saturated rings. The zero-order chi connectivity index (χ0) is 15.2. The van der Waals surface area contributed by atoms with Crippen LogP contribution in [0.4, 0.5) is 0 Å². The summed E-state index contributed by atoms with van der Waals surface area (Å²) in [6, 6.07) is 18.6. The van der Waals surface area contributed by atoms with Gasteiger partial charge in [0, 0.05) is 25.5 Å². The molecule has 0 radical (unpaired) electrons. The second kappa shape index (κ2) is 7.00. The van der Waals surface area contributed by atoms with Crippen LogP contribution >= 0.6 is 12.2 Å². The second-order valence-electron chi connectivity index (χ2n) is 5.04. The predicted molar refractivity (Wildman–Crippen MR) is 94.5 cm³/mol. The summed E-state index contributed by atoms with van der Waals surface area (Å²) in [5, 5.41) is 9.61. The van der Waals surface area contributed by atoms with E-state index < -0.39 is 0 Å². The molecule has 0 amide bonds.